The average molecular weight is 360 g/mol. The number of nitriles is 3. The van der Waals surface area contributed by atoms with E-state index in [1.807, 2.05) is 6.08 Å². The van der Waals surface area contributed by atoms with Crippen molar-refractivity contribution in [3.63, 3.8) is 0 Å². The topological polar surface area (TPSA) is 116 Å². The zero-order valence-corrected chi connectivity index (χ0v) is 15.3. The molecule has 0 saturated heterocycles. The third-order valence-corrected chi connectivity index (χ3v) is 5.57. The molecule has 2 N–H and O–H groups in total. The van der Waals surface area contributed by atoms with Crippen LogP contribution in [0.5, 0.6) is 11.5 Å². The molecule has 0 saturated carbocycles. The summed E-state index contributed by atoms with van der Waals surface area (Å²) in [6.07, 6.45) is 4.54. The lowest BCUT2D eigenvalue weighted by molar-refractivity contribution is 0.304. The van der Waals surface area contributed by atoms with Crippen molar-refractivity contribution in [3.8, 4) is 29.7 Å². The third kappa shape index (κ3) is 2.60. The maximum atomic E-state index is 10.0. The van der Waals surface area contributed by atoms with E-state index in [-0.39, 0.29) is 17.2 Å². The molecule has 1 aromatic rings. The van der Waals surface area contributed by atoms with E-state index >= 15 is 0 Å². The van der Waals surface area contributed by atoms with Crippen molar-refractivity contribution in [2.75, 3.05) is 14.2 Å². The monoisotopic (exact) mass is 360 g/mol. The summed E-state index contributed by atoms with van der Waals surface area (Å²) in [5.41, 5.74) is 6.45. The van der Waals surface area contributed by atoms with Gasteiger partial charge in [-0.3, -0.25) is 0 Å². The summed E-state index contributed by atoms with van der Waals surface area (Å²) in [7, 11) is 3.11. The summed E-state index contributed by atoms with van der Waals surface area (Å²) in [6, 6.07) is 11.7. The van der Waals surface area contributed by atoms with Crippen molar-refractivity contribution in [1.29, 1.82) is 15.8 Å². The van der Waals surface area contributed by atoms with Crippen molar-refractivity contribution in [2.24, 2.45) is 17.1 Å². The van der Waals surface area contributed by atoms with E-state index in [0.29, 0.717) is 17.1 Å². The summed E-state index contributed by atoms with van der Waals surface area (Å²) in [4.78, 5) is 0. The van der Waals surface area contributed by atoms with E-state index in [1.165, 1.54) is 0 Å². The standard InChI is InChI=1S/C21H20N4O2/c1-26-13-7-8-18(27-2)16(9-13)19-15-6-4-3-5-14(15)17(10-22)20(25)21(19,11-23)12-24/h5,7-9,15,19H,3-4,6,25H2,1-2H3/t15-,19+/m1/s1. The van der Waals surface area contributed by atoms with Crippen molar-refractivity contribution in [2.45, 2.75) is 25.2 Å². The lowest BCUT2D eigenvalue weighted by atomic mass is 9.56. The number of hydrogen-bond donors (Lipinski definition) is 1. The Morgan fingerprint density at radius 2 is 1.89 bits per heavy atom. The molecule has 0 aromatic heterocycles. The molecule has 0 heterocycles. The van der Waals surface area contributed by atoms with Gasteiger partial charge in [0.2, 0.25) is 0 Å². The molecule has 0 spiro atoms. The number of rotatable bonds is 3. The molecule has 0 bridgehead atoms. The van der Waals surface area contributed by atoms with E-state index in [9.17, 15) is 15.8 Å². The largest absolute Gasteiger partial charge is 0.497 e. The Labute approximate surface area is 158 Å². The summed E-state index contributed by atoms with van der Waals surface area (Å²) < 4.78 is 10.9. The Kier molecular flexibility index (Phi) is 4.80. The van der Waals surface area contributed by atoms with Crippen LogP contribution in [0.1, 0.15) is 30.7 Å². The van der Waals surface area contributed by atoms with Gasteiger partial charge in [0.25, 0.3) is 0 Å². The zero-order chi connectivity index (χ0) is 19.6. The normalized spacial score (nSPS) is 23.1. The number of fused-ring (bicyclic) bond motifs is 1. The first-order chi connectivity index (χ1) is 13.1. The predicted molar refractivity (Wildman–Crippen MR) is 98.2 cm³/mol. The molecule has 2 atom stereocenters. The van der Waals surface area contributed by atoms with Gasteiger partial charge in [0.1, 0.15) is 17.6 Å². The summed E-state index contributed by atoms with van der Waals surface area (Å²) >= 11 is 0. The highest BCUT2D eigenvalue weighted by molar-refractivity contribution is 5.61. The Bertz CT molecular complexity index is 942. The molecule has 2 aliphatic rings. The van der Waals surface area contributed by atoms with Crippen LogP contribution in [-0.2, 0) is 0 Å². The number of nitrogens with two attached hydrogens (primary N) is 1. The van der Waals surface area contributed by atoms with Gasteiger partial charge in [0, 0.05) is 11.5 Å². The molecular formula is C21H20N4O2. The second-order valence-corrected chi connectivity index (χ2v) is 6.71. The van der Waals surface area contributed by atoms with Gasteiger partial charge in [0.05, 0.1) is 37.6 Å². The van der Waals surface area contributed by atoms with Crippen molar-refractivity contribution in [1.82, 2.24) is 0 Å². The van der Waals surface area contributed by atoms with Gasteiger partial charge >= 0.3 is 0 Å². The van der Waals surface area contributed by atoms with Gasteiger partial charge in [-0.05, 0) is 49.0 Å². The predicted octanol–water partition coefficient (Wildman–Crippen LogP) is 3.30. The first kappa shape index (κ1) is 18.4. The maximum absolute atomic E-state index is 10.0. The second-order valence-electron chi connectivity index (χ2n) is 6.71. The van der Waals surface area contributed by atoms with Gasteiger partial charge in [0.15, 0.2) is 5.41 Å². The molecule has 136 valence electrons. The number of allylic oxidation sites excluding steroid dienone is 4. The molecule has 3 rings (SSSR count). The molecule has 1 aromatic carbocycles. The quantitative estimate of drug-likeness (QED) is 0.884. The van der Waals surface area contributed by atoms with Crippen LogP contribution in [0.3, 0.4) is 0 Å². The molecule has 27 heavy (non-hydrogen) atoms. The minimum absolute atomic E-state index is 0.0225. The molecule has 0 fully saturated rings. The Morgan fingerprint density at radius 3 is 2.48 bits per heavy atom. The number of ether oxygens (including phenoxy) is 2. The molecule has 0 amide bonds. The second kappa shape index (κ2) is 7.06. The van der Waals surface area contributed by atoms with Crippen molar-refractivity contribution in [3.05, 3.63) is 46.7 Å². The number of hydrogen-bond acceptors (Lipinski definition) is 6. The summed E-state index contributed by atoms with van der Waals surface area (Å²) in [6.45, 7) is 0. The van der Waals surface area contributed by atoms with E-state index in [1.54, 1.807) is 32.4 Å². The SMILES string of the molecule is COc1ccc(OC)c([C@@H]2[C@@H]3CCCC=C3C(C#N)=C(N)C2(C#N)C#N)c1. The molecular weight excluding hydrogens is 340 g/mol. The van der Waals surface area contributed by atoms with Crippen LogP contribution in [0, 0.1) is 45.3 Å². The van der Waals surface area contributed by atoms with E-state index in [2.05, 4.69) is 18.2 Å². The fourth-order valence-corrected chi connectivity index (χ4v) is 4.30. The van der Waals surface area contributed by atoms with Crippen LogP contribution in [0.4, 0.5) is 0 Å². The van der Waals surface area contributed by atoms with Crippen LogP contribution in [0.15, 0.2) is 41.1 Å². The van der Waals surface area contributed by atoms with Gasteiger partial charge < -0.3 is 15.2 Å². The van der Waals surface area contributed by atoms with Crippen LogP contribution in [0.25, 0.3) is 0 Å². The van der Waals surface area contributed by atoms with Crippen LogP contribution in [-0.4, -0.2) is 14.2 Å². The molecule has 2 aliphatic carbocycles. The third-order valence-electron chi connectivity index (χ3n) is 5.57. The van der Waals surface area contributed by atoms with Crippen molar-refractivity contribution >= 4 is 0 Å². The van der Waals surface area contributed by atoms with Gasteiger partial charge in [-0.25, -0.2) is 0 Å². The van der Waals surface area contributed by atoms with Crippen molar-refractivity contribution < 1.29 is 9.47 Å². The maximum Gasteiger partial charge on any atom is 0.191 e. The lowest BCUT2D eigenvalue weighted by Crippen LogP contribution is -2.42. The van der Waals surface area contributed by atoms with Gasteiger partial charge in [-0.1, -0.05) is 6.08 Å². The van der Waals surface area contributed by atoms with Gasteiger partial charge in [-0.2, -0.15) is 15.8 Å². The van der Waals surface area contributed by atoms with E-state index < -0.39 is 11.3 Å². The molecule has 0 unspecified atom stereocenters. The Morgan fingerprint density at radius 1 is 1.15 bits per heavy atom. The highest BCUT2D eigenvalue weighted by Gasteiger charge is 2.54. The molecule has 0 radical (unpaired) electrons. The first-order valence-corrected chi connectivity index (χ1v) is 8.73. The van der Waals surface area contributed by atoms with Gasteiger partial charge in [-0.15, -0.1) is 0 Å². The Hall–Kier alpha value is -3.43. The first-order valence-electron chi connectivity index (χ1n) is 8.73. The Balaban J connectivity index is 2.37. The smallest absolute Gasteiger partial charge is 0.191 e. The highest BCUT2D eigenvalue weighted by atomic mass is 16.5. The highest BCUT2D eigenvalue weighted by Crippen LogP contribution is 2.57. The fourth-order valence-electron chi connectivity index (χ4n) is 4.30. The zero-order valence-electron chi connectivity index (χ0n) is 15.3. The lowest BCUT2D eigenvalue weighted by Gasteiger charge is -2.43. The molecule has 6 nitrogen and oxygen atoms in total. The molecule has 0 aliphatic heterocycles. The summed E-state index contributed by atoms with van der Waals surface area (Å²) in [5.74, 6) is 0.446. The fraction of sp³-hybridized carbons (Fsp3) is 0.381. The number of methoxy groups -OCH3 is 2. The number of nitrogens with zero attached hydrogens (tertiary/aromatic N) is 3. The number of benzene rings is 1. The average Bonchev–Trinajstić information content (AvgIpc) is 2.72. The minimum atomic E-state index is -1.65. The van der Waals surface area contributed by atoms with Crippen LogP contribution in [0.2, 0.25) is 0 Å². The summed E-state index contributed by atoms with van der Waals surface area (Å²) in [5, 5.41) is 29.8. The van der Waals surface area contributed by atoms with Crippen LogP contribution < -0.4 is 15.2 Å². The minimum Gasteiger partial charge on any atom is -0.497 e. The molecule has 6 heteroatoms. The van der Waals surface area contributed by atoms with Crippen LogP contribution >= 0.6 is 0 Å². The van der Waals surface area contributed by atoms with E-state index in [0.717, 1.165) is 24.8 Å². The van der Waals surface area contributed by atoms with E-state index in [4.69, 9.17) is 15.2 Å².